The van der Waals surface area contributed by atoms with Crippen molar-refractivity contribution < 1.29 is 9.53 Å². The van der Waals surface area contributed by atoms with Crippen LogP contribution in [-0.2, 0) is 11.3 Å². The van der Waals surface area contributed by atoms with Crippen molar-refractivity contribution >= 4 is 33.3 Å². The minimum Gasteiger partial charge on any atom is -0.453 e. The van der Waals surface area contributed by atoms with Crippen LogP contribution in [0.25, 0.3) is 10.2 Å². The van der Waals surface area contributed by atoms with Crippen LogP contribution < -0.4 is 10.6 Å². The molecule has 0 saturated heterocycles. The van der Waals surface area contributed by atoms with E-state index in [1.54, 1.807) is 11.3 Å². The Morgan fingerprint density at radius 1 is 1.29 bits per heavy atom. The van der Waals surface area contributed by atoms with E-state index in [1.165, 1.54) is 17.4 Å². The first-order valence-electron chi connectivity index (χ1n) is 7.66. The smallest absolute Gasteiger partial charge is 0.411 e. The molecule has 0 unspecified atom stereocenters. The first-order valence-corrected chi connectivity index (χ1v) is 8.54. The predicted octanol–water partition coefficient (Wildman–Crippen LogP) is 4.33. The molecule has 0 spiro atoms. The Hall–Kier alpha value is -2.44. The van der Waals surface area contributed by atoms with Gasteiger partial charge in [0, 0.05) is 24.5 Å². The fourth-order valence-electron chi connectivity index (χ4n) is 2.36. The molecule has 0 radical (unpaired) electrons. The number of thiophene rings is 1. The maximum absolute atomic E-state index is 11.2. The SMILES string of the molecule is COC(=O)Nc1ccc(CN[C@H](C)c2cnc3ccsc3c2)cc1. The van der Waals surface area contributed by atoms with Crippen LogP contribution in [0.15, 0.2) is 48.0 Å². The molecule has 5 nitrogen and oxygen atoms in total. The van der Waals surface area contributed by atoms with E-state index in [4.69, 9.17) is 0 Å². The number of carbonyl (C=O) groups is 1. The van der Waals surface area contributed by atoms with Crippen molar-refractivity contribution in [3.05, 3.63) is 59.1 Å². The van der Waals surface area contributed by atoms with Crippen LogP contribution >= 0.6 is 11.3 Å². The van der Waals surface area contributed by atoms with Crippen LogP contribution in [0.1, 0.15) is 24.1 Å². The lowest BCUT2D eigenvalue weighted by Crippen LogP contribution is -2.18. The zero-order chi connectivity index (χ0) is 16.9. The summed E-state index contributed by atoms with van der Waals surface area (Å²) < 4.78 is 5.78. The summed E-state index contributed by atoms with van der Waals surface area (Å²) in [6, 6.07) is 12.1. The molecule has 0 fully saturated rings. The molecule has 0 aliphatic carbocycles. The average molecular weight is 341 g/mol. The summed E-state index contributed by atoms with van der Waals surface area (Å²) in [6.07, 6.45) is 1.46. The van der Waals surface area contributed by atoms with Gasteiger partial charge in [0.2, 0.25) is 0 Å². The van der Waals surface area contributed by atoms with E-state index in [-0.39, 0.29) is 6.04 Å². The van der Waals surface area contributed by atoms with Crippen molar-refractivity contribution in [1.82, 2.24) is 10.3 Å². The van der Waals surface area contributed by atoms with E-state index in [0.29, 0.717) is 5.69 Å². The second kappa shape index (κ2) is 7.42. The number of anilines is 1. The molecule has 0 aliphatic heterocycles. The number of amides is 1. The first-order chi connectivity index (χ1) is 11.7. The highest BCUT2D eigenvalue weighted by Crippen LogP contribution is 2.22. The molecule has 0 saturated carbocycles. The van der Waals surface area contributed by atoms with Gasteiger partial charge in [-0.25, -0.2) is 4.79 Å². The van der Waals surface area contributed by atoms with Crippen LogP contribution in [0.2, 0.25) is 0 Å². The highest BCUT2D eigenvalue weighted by atomic mass is 32.1. The second-order valence-corrected chi connectivity index (χ2v) is 6.44. The molecular weight excluding hydrogens is 322 g/mol. The number of pyridine rings is 1. The third-order valence-corrected chi connectivity index (χ3v) is 4.68. The Bertz CT molecular complexity index is 830. The van der Waals surface area contributed by atoms with Gasteiger partial charge in [-0.2, -0.15) is 0 Å². The lowest BCUT2D eigenvalue weighted by molar-refractivity contribution is 0.187. The van der Waals surface area contributed by atoms with Crippen molar-refractivity contribution in [1.29, 1.82) is 0 Å². The molecule has 2 N–H and O–H groups in total. The minimum atomic E-state index is -0.467. The number of hydrogen-bond acceptors (Lipinski definition) is 5. The van der Waals surface area contributed by atoms with Gasteiger partial charge < -0.3 is 10.1 Å². The molecule has 0 bridgehead atoms. The van der Waals surface area contributed by atoms with E-state index in [9.17, 15) is 4.79 Å². The van der Waals surface area contributed by atoms with E-state index in [0.717, 1.165) is 17.6 Å². The van der Waals surface area contributed by atoms with Crippen molar-refractivity contribution in [3.63, 3.8) is 0 Å². The second-order valence-electron chi connectivity index (χ2n) is 5.49. The number of benzene rings is 1. The van der Waals surface area contributed by atoms with E-state index in [2.05, 4.69) is 38.7 Å². The van der Waals surface area contributed by atoms with E-state index >= 15 is 0 Å². The van der Waals surface area contributed by atoms with Crippen LogP contribution in [0.4, 0.5) is 10.5 Å². The number of nitrogens with one attached hydrogen (secondary N) is 2. The molecule has 2 aromatic heterocycles. The third-order valence-electron chi connectivity index (χ3n) is 3.82. The van der Waals surface area contributed by atoms with Gasteiger partial charge in [0.25, 0.3) is 0 Å². The summed E-state index contributed by atoms with van der Waals surface area (Å²) in [6.45, 7) is 2.87. The number of aromatic nitrogens is 1. The standard InChI is InChI=1S/C18H19N3O2S/c1-12(14-9-17-16(20-11-14)7-8-24-17)19-10-13-3-5-15(6-4-13)21-18(22)23-2/h3-9,11-12,19H,10H2,1-2H3,(H,21,22)/t12-/m1/s1. The maximum atomic E-state index is 11.2. The predicted molar refractivity (Wildman–Crippen MR) is 97.3 cm³/mol. The Morgan fingerprint density at radius 3 is 2.83 bits per heavy atom. The third kappa shape index (κ3) is 3.90. The maximum Gasteiger partial charge on any atom is 0.411 e. The molecular formula is C18H19N3O2S. The van der Waals surface area contributed by atoms with Crippen molar-refractivity contribution in [2.75, 3.05) is 12.4 Å². The van der Waals surface area contributed by atoms with Gasteiger partial charge in [-0.15, -0.1) is 11.3 Å². The Kier molecular flexibility index (Phi) is 5.08. The summed E-state index contributed by atoms with van der Waals surface area (Å²) in [4.78, 5) is 15.6. The molecule has 2 heterocycles. The van der Waals surface area contributed by atoms with Gasteiger partial charge in [-0.05, 0) is 47.7 Å². The molecule has 0 aliphatic rings. The lowest BCUT2D eigenvalue weighted by Gasteiger charge is -2.14. The molecule has 1 atom stereocenters. The Labute approximate surface area is 144 Å². The van der Waals surface area contributed by atoms with Crippen LogP contribution in [0, 0.1) is 0 Å². The summed E-state index contributed by atoms with van der Waals surface area (Å²) >= 11 is 1.71. The van der Waals surface area contributed by atoms with Crippen LogP contribution in [0.5, 0.6) is 0 Å². The molecule has 3 rings (SSSR count). The lowest BCUT2D eigenvalue weighted by atomic mass is 10.1. The van der Waals surface area contributed by atoms with Gasteiger partial charge in [0.1, 0.15) is 0 Å². The Balaban J connectivity index is 1.59. The minimum absolute atomic E-state index is 0.205. The number of hydrogen-bond donors (Lipinski definition) is 2. The molecule has 6 heteroatoms. The van der Waals surface area contributed by atoms with Gasteiger partial charge in [0.05, 0.1) is 17.3 Å². The molecule has 1 aromatic carbocycles. The van der Waals surface area contributed by atoms with Crippen molar-refractivity contribution in [2.24, 2.45) is 0 Å². The fraction of sp³-hybridized carbons (Fsp3) is 0.222. The quantitative estimate of drug-likeness (QED) is 0.725. The zero-order valence-electron chi connectivity index (χ0n) is 13.6. The number of fused-ring (bicyclic) bond motifs is 1. The number of rotatable bonds is 5. The highest BCUT2D eigenvalue weighted by Gasteiger charge is 2.07. The summed E-state index contributed by atoms with van der Waals surface area (Å²) in [5.74, 6) is 0. The first kappa shape index (κ1) is 16.4. The molecule has 1 amide bonds. The summed E-state index contributed by atoms with van der Waals surface area (Å²) in [7, 11) is 1.34. The summed E-state index contributed by atoms with van der Waals surface area (Å²) in [5, 5.41) is 8.19. The van der Waals surface area contributed by atoms with Crippen molar-refractivity contribution in [3.8, 4) is 0 Å². The average Bonchev–Trinajstić information content (AvgIpc) is 3.08. The van der Waals surface area contributed by atoms with Crippen molar-refractivity contribution in [2.45, 2.75) is 19.5 Å². The molecule has 24 heavy (non-hydrogen) atoms. The fourth-order valence-corrected chi connectivity index (χ4v) is 3.15. The zero-order valence-corrected chi connectivity index (χ0v) is 14.4. The van der Waals surface area contributed by atoms with E-state index < -0.39 is 6.09 Å². The molecule has 124 valence electrons. The highest BCUT2D eigenvalue weighted by molar-refractivity contribution is 7.17. The number of ether oxygens (including phenoxy) is 1. The largest absolute Gasteiger partial charge is 0.453 e. The van der Waals surface area contributed by atoms with Gasteiger partial charge in [0.15, 0.2) is 0 Å². The van der Waals surface area contributed by atoms with Gasteiger partial charge >= 0.3 is 6.09 Å². The van der Waals surface area contributed by atoms with Gasteiger partial charge in [-0.3, -0.25) is 10.3 Å². The van der Waals surface area contributed by atoms with Crippen LogP contribution in [0.3, 0.4) is 0 Å². The summed E-state index contributed by atoms with van der Waals surface area (Å²) in [5.41, 5.74) is 4.08. The number of methoxy groups -OCH3 is 1. The monoisotopic (exact) mass is 341 g/mol. The van der Waals surface area contributed by atoms with E-state index in [1.807, 2.05) is 36.5 Å². The number of carbonyl (C=O) groups excluding carboxylic acids is 1. The van der Waals surface area contributed by atoms with Crippen LogP contribution in [-0.4, -0.2) is 18.2 Å². The number of nitrogens with zero attached hydrogens (tertiary/aromatic N) is 1. The van der Waals surface area contributed by atoms with Gasteiger partial charge in [-0.1, -0.05) is 12.1 Å². The molecule has 3 aromatic rings. The Morgan fingerprint density at radius 2 is 2.08 bits per heavy atom. The topological polar surface area (TPSA) is 63.2 Å². The normalized spacial score (nSPS) is 12.1.